The summed E-state index contributed by atoms with van der Waals surface area (Å²) in [6, 6.07) is 6.35. The van der Waals surface area contributed by atoms with Gasteiger partial charge in [-0.05, 0) is 40.5 Å². The predicted octanol–water partition coefficient (Wildman–Crippen LogP) is 4.93. The zero-order valence-electron chi connectivity index (χ0n) is 11.5. The quantitative estimate of drug-likeness (QED) is 0.576. The fraction of sp³-hybridized carbons (Fsp3) is 0.267. The fourth-order valence-electron chi connectivity index (χ4n) is 1.68. The number of benzene rings is 1. The van der Waals surface area contributed by atoms with Crippen LogP contribution in [0.2, 0.25) is 5.02 Å². The Hall–Kier alpha value is -1.17. The van der Waals surface area contributed by atoms with Crippen molar-refractivity contribution in [3.05, 3.63) is 51.3 Å². The highest BCUT2D eigenvalue weighted by Gasteiger charge is 2.09. The lowest BCUT2D eigenvalue weighted by Gasteiger charge is -2.09. The third-order valence-electron chi connectivity index (χ3n) is 2.74. The highest BCUT2D eigenvalue weighted by molar-refractivity contribution is 9.10. The van der Waals surface area contributed by atoms with Crippen LogP contribution in [0.1, 0.15) is 18.9 Å². The zero-order valence-corrected chi connectivity index (χ0v) is 13.8. The van der Waals surface area contributed by atoms with Gasteiger partial charge in [0.05, 0.1) is 9.50 Å². The minimum atomic E-state index is -0.532. The van der Waals surface area contributed by atoms with Crippen LogP contribution in [0.15, 0.2) is 34.9 Å². The Bertz CT molecular complexity index is 607. The van der Waals surface area contributed by atoms with E-state index in [1.807, 2.05) is 6.07 Å². The van der Waals surface area contributed by atoms with Gasteiger partial charge in [-0.25, -0.2) is 9.37 Å². The first-order chi connectivity index (χ1) is 10.1. The largest absolute Gasteiger partial charge is 0.438 e. The maximum Gasteiger partial charge on any atom is 0.219 e. The van der Waals surface area contributed by atoms with E-state index in [2.05, 4.69) is 33.2 Å². The summed E-state index contributed by atoms with van der Waals surface area (Å²) in [5.74, 6) is 0.202. The van der Waals surface area contributed by atoms with Gasteiger partial charge in [0.2, 0.25) is 5.88 Å². The molecule has 3 nitrogen and oxygen atoms in total. The maximum absolute atomic E-state index is 13.4. The van der Waals surface area contributed by atoms with Crippen molar-refractivity contribution < 1.29 is 9.13 Å². The molecule has 0 aliphatic rings. The van der Waals surface area contributed by atoms with Crippen molar-refractivity contribution in [2.45, 2.75) is 19.9 Å². The summed E-state index contributed by atoms with van der Waals surface area (Å²) in [4.78, 5) is 4.21. The average molecular weight is 374 g/mol. The van der Waals surface area contributed by atoms with Crippen LogP contribution in [0.3, 0.4) is 0 Å². The van der Waals surface area contributed by atoms with E-state index >= 15 is 0 Å². The number of nitrogens with zero attached hydrogens (tertiary/aromatic N) is 1. The monoisotopic (exact) mass is 372 g/mol. The van der Waals surface area contributed by atoms with Gasteiger partial charge in [-0.1, -0.05) is 24.6 Å². The summed E-state index contributed by atoms with van der Waals surface area (Å²) in [6.07, 6.45) is 2.82. The Balaban J connectivity index is 2.05. The normalized spacial score (nSPS) is 10.7. The lowest BCUT2D eigenvalue weighted by molar-refractivity contribution is 0.454. The molecule has 0 saturated carbocycles. The number of rotatable bonds is 6. The van der Waals surface area contributed by atoms with E-state index in [0.29, 0.717) is 16.1 Å². The summed E-state index contributed by atoms with van der Waals surface area (Å²) < 4.78 is 19.6. The molecule has 0 aliphatic carbocycles. The maximum atomic E-state index is 13.4. The van der Waals surface area contributed by atoms with Crippen molar-refractivity contribution in [1.29, 1.82) is 0 Å². The summed E-state index contributed by atoms with van der Waals surface area (Å²) in [7, 11) is 0. The molecule has 0 unspecified atom stereocenters. The minimum absolute atomic E-state index is 0.0412. The highest BCUT2D eigenvalue weighted by Crippen LogP contribution is 2.33. The lowest BCUT2D eigenvalue weighted by atomic mass is 10.3. The molecule has 0 radical (unpaired) electrons. The van der Waals surface area contributed by atoms with Crippen LogP contribution in [0.5, 0.6) is 11.6 Å². The molecule has 0 aliphatic heterocycles. The third-order valence-corrected chi connectivity index (χ3v) is 3.65. The van der Waals surface area contributed by atoms with Crippen molar-refractivity contribution in [2.75, 3.05) is 6.54 Å². The Morgan fingerprint density at radius 1 is 1.38 bits per heavy atom. The first kappa shape index (κ1) is 16.2. The second-order valence-corrected chi connectivity index (χ2v) is 5.74. The molecule has 1 aromatic heterocycles. The number of ether oxygens (including phenoxy) is 1. The molecule has 0 atom stereocenters. The van der Waals surface area contributed by atoms with Crippen LogP contribution in [-0.2, 0) is 6.54 Å². The highest BCUT2D eigenvalue weighted by atomic mass is 79.9. The summed E-state index contributed by atoms with van der Waals surface area (Å²) in [5.41, 5.74) is 1.07. The van der Waals surface area contributed by atoms with Crippen LogP contribution in [0, 0.1) is 5.82 Å². The zero-order chi connectivity index (χ0) is 15.2. The first-order valence-corrected chi connectivity index (χ1v) is 7.75. The molecule has 2 aromatic rings. The number of hydrogen-bond donors (Lipinski definition) is 1. The van der Waals surface area contributed by atoms with Crippen LogP contribution < -0.4 is 10.1 Å². The van der Waals surface area contributed by atoms with Gasteiger partial charge in [-0.2, -0.15) is 0 Å². The van der Waals surface area contributed by atoms with Gasteiger partial charge in [0.25, 0.3) is 0 Å². The Kier molecular flexibility index (Phi) is 5.96. The summed E-state index contributed by atoms with van der Waals surface area (Å²) >= 11 is 8.97. The van der Waals surface area contributed by atoms with E-state index in [9.17, 15) is 4.39 Å². The molecule has 2 rings (SSSR count). The second kappa shape index (κ2) is 7.73. The van der Waals surface area contributed by atoms with Crippen molar-refractivity contribution in [1.82, 2.24) is 10.3 Å². The average Bonchev–Trinajstić information content (AvgIpc) is 2.47. The van der Waals surface area contributed by atoms with Crippen molar-refractivity contribution in [2.24, 2.45) is 0 Å². The first-order valence-electron chi connectivity index (χ1n) is 6.58. The molecule has 6 heteroatoms. The topological polar surface area (TPSA) is 34.1 Å². The van der Waals surface area contributed by atoms with E-state index < -0.39 is 5.82 Å². The predicted molar refractivity (Wildman–Crippen MR) is 85.4 cm³/mol. The smallest absolute Gasteiger partial charge is 0.219 e. The molecule has 1 N–H and O–H groups in total. The Labute approximate surface area is 136 Å². The lowest BCUT2D eigenvalue weighted by Crippen LogP contribution is -2.13. The molecule has 0 bridgehead atoms. The van der Waals surface area contributed by atoms with Gasteiger partial charge >= 0.3 is 0 Å². The molecule has 21 heavy (non-hydrogen) atoms. The molecule has 1 aromatic carbocycles. The Morgan fingerprint density at radius 3 is 2.86 bits per heavy atom. The van der Waals surface area contributed by atoms with Crippen LogP contribution in [-0.4, -0.2) is 11.5 Å². The third kappa shape index (κ3) is 4.66. The van der Waals surface area contributed by atoms with E-state index in [-0.39, 0.29) is 5.02 Å². The molecular formula is C15H15BrClFN2O. The van der Waals surface area contributed by atoms with Crippen LogP contribution in [0.25, 0.3) is 0 Å². The number of halogens is 3. The standard InChI is InChI=1S/C15H15BrClFN2O/c1-2-5-19-8-10-3-4-15(20-9-10)21-14-7-13(18)12(17)6-11(14)16/h3-4,6-7,9,19H,2,5,8H2,1H3. The van der Waals surface area contributed by atoms with Gasteiger partial charge in [-0.3, -0.25) is 0 Å². The summed E-state index contributed by atoms with van der Waals surface area (Å²) in [5, 5.41) is 3.33. The number of nitrogens with one attached hydrogen (secondary N) is 1. The SMILES string of the molecule is CCCNCc1ccc(Oc2cc(F)c(Cl)cc2Br)nc1. The van der Waals surface area contributed by atoms with Gasteiger partial charge in [0.1, 0.15) is 11.6 Å². The van der Waals surface area contributed by atoms with E-state index in [1.165, 1.54) is 12.1 Å². The minimum Gasteiger partial charge on any atom is -0.438 e. The molecular weight excluding hydrogens is 359 g/mol. The molecule has 0 fully saturated rings. The molecule has 0 saturated heterocycles. The van der Waals surface area contributed by atoms with E-state index in [4.69, 9.17) is 16.3 Å². The molecule has 1 heterocycles. The van der Waals surface area contributed by atoms with Gasteiger partial charge in [0, 0.05) is 24.9 Å². The Morgan fingerprint density at radius 2 is 2.19 bits per heavy atom. The van der Waals surface area contributed by atoms with Crippen LogP contribution in [0.4, 0.5) is 4.39 Å². The van der Waals surface area contributed by atoms with Crippen molar-refractivity contribution in [3.8, 4) is 11.6 Å². The molecule has 0 spiro atoms. The van der Waals surface area contributed by atoms with Crippen molar-refractivity contribution in [3.63, 3.8) is 0 Å². The fourth-order valence-corrected chi connectivity index (χ4v) is 2.40. The molecule has 0 amide bonds. The molecule has 112 valence electrons. The summed E-state index contributed by atoms with van der Waals surface area (Å²) in [6.45, 7) is 3.85. The van der Waals surface area contributed by atoms with Crippen LogP contribution >= 0.6 is 27.5 Å². The van der Waals surface area contributed by atoms with Crippen molar-refractivity contribution >= 4 is 27.5 Å². The van der Waals surface area contributed by atoms with Gasteiger partial charge in [-0.15, -0.1) is 0 Å². The second-order valence-electron chi connectivity index (χ2n) is 4.48. The van der Waals surface area contributed by atoms with Gasteiger partial charge in [0.15, 0.2) is 0 Å². The number of hydrogen-bond acceptors (Lipinski definition) is 3. The van der Waals surface area contributed by atoms with E-state index in [0.717, 1.165) is 25.1 Å². The number of aromatic nitrogens is 1. The van der Waals surface area contributed by atoms with E-state index in [1.54, 1.807) is 12.3 Å². The number of pyridine rings is 1. The van der Waals surface area contributed by atoms with Gasteiger partial charge < -0.3 is 10.1 Å².